The molecule has 0 radical (unpaired) electrons. The van der Waals surface area contributed by atoms with Crippen molar-refractivity contribution in [1.82, 2.24) is 4.83 Å². The van der Waals surface area contributed by atoms with Gasteiger partial charge in [0.05, 0.1) is 12.0 Å². The Bertz CT molecular complexity index is 451. The van der Waals surface area contributed by atoms with Crippen LogP contribution >= 0.6 is 0 Å². The van der Waals surface area contributed by atoms with Crippen molar-refractivity contribution >= 4 is 16.2 Å². The number of phenols is 1. The van der Waals surface area contributed by atoms with Crippen LogP contribution in [0.3, 0.4) is 0 Å². The number of aromatic hydroxyl groups is 1. The van der Waals surface area contributed by atoms with Gasteiger partial charge >= 0.3 is 0 Å². The van der Waals surface area contributed by atoms with E-state index in [4.69, 9.17) is 5.11 Å². The second-order valence-electron chi connectivity index (χ2n) is 3.26. The van der Waals surface area contributed by atoms with Gasteiger partial charge in [-0.05, 0) is 36.2 Å². The van der Waals surface area contributed by atoms with Crippen molar-refractivity contribution in [2.75, 3.05) is 5.75 Å². The molecule has 1 aromatic carbocycles. The Morgan fingerprint density at radius 3 is 2.56 bits per heavy atom. The SMILES string of the molecule is CCCS(=O)(=O)N/N=C\c1ccc(O)cc1. The summed E-state index contributed by atoms with van der Waals surface area (Å²) in [5.41, 5.74) is 0.706. The molecule has 16 heavy (non-hydrogen) atoms. The molecule has 5 nitrogen and oxygen atoms in total. The number of hydrogen-bond acceptors (Lipinski definition) is 4. The van der Waals surface area contributed by atoms with E-state index >= 15 is 0 Å². The monoisotopic (exact) mass is 242 g/mol. The van der Waals surface area contributed by atoms with Gasteiger partial charge in [0.1, 0.15) is 5.75 Å². The Balaban J connectivity index is 2.58. The van der Waals surface area contributed by atoms with E-state index in [9.17, 15) is 8.42 Å². The Hall–Kier alpha value is -1.56. The van der Waals surface area contributed by atoms with Crippen LogP contribution in [0.1, 0.15) is 18.9 Å². The fourth-order valence-electron chi connectivity index (χ4n) is 1.06. The molecule has 2 N–H and O–H groups in total. The molecule has 0 saturated carbocycles. The number of sulfonamides is 1. The molecule has 0 atom stereocenters. The average molecular weight is 242 g/mol. The number of benzene rings is 1. The summed E-state index contributed by atoms with van der Waals surface area (Å²) in [5.74, 6) is 0.212. The van der Waals surface area contributed by atoms with Gasteiger partial charge in [0, 0.05) is 0 Å². The van der Waals surface area contributed by atoms with Crippen LogP contribution in [0.5, 0.6) is 5.75 Å². The van der Waals surface area contributed by atoms with E-state index in [1.807, 2.05) is 0 Å². The molecule has 0 aromatic heterocycles. The van der Waals surface area contributed by atoms with Gasteiger partial charge in [0.15, 0.2) is 0 Å². The maximum atomic E-state index is 11.2. The molecule has 0 fully saturated rings. The van der Waals surface area contributed by atoms with Crippen molar-refractivity contribution in [3.8, 4) is 5.75 Å². The molecule has 0 saturated heterocycles. The quantitative estimate of drug-likeness (QED) is 0.598. The zero-order chi connectivity index (χ0) is 12.0. The van der Waals surface area contributed by atoms with Crippen LogP contribution in [0.2, 0.25) is 0 Å². The van der Waals surface area contributed by atoms with Crippen molar-refractivity contribution in [1.29, 1.82) is 0 Å². The normalized spacial score (nSPS) is 11.8. The lowest BCUT2D eigenvalue weighted by atomic mass is 10.2. The summed E-state index contributed by atoms with van der Waals surface area (Å²) in [6.45, 7) is 1.78. The van der Waals surface area contributed by atoms with E-state index < -0.39 is 10.0 Å². The first kappa shape index (κ1) is 12.5. The molecule has 0 bridgehead atoms. The Morgan fingerprint density at radius 1 is 1.38 bits per heavy atom. The first-order chi connectivity index (χ1) is 7.53. The lowest BCUT2D eigenvalue weighted by molar-refractivity contribution is 0.475. The van der Waals surface area contributed by atoms with Crippen LogP contribution in [0, 0.1) is 0 Å². The molecule has 6 heteroatoms. The molecule has 1 rings (SSSR count). The molecule has 1 aromatic rings. The summed E-state index contributed by atoms with van der Waals surface area (Å²) >= 11 is 0. The summed E-state index contributed by atoms with van der Waals surface area (Å²) < 4.78 is 22.4. The van der Waals surface area contributed by atoms with E-state index in [1.165, 1.54) is 18.3 Å². The van der Waals surface area contributed by atoms with Crippen LogP contribution < -0.4 is 4.83 Å². The van der Waals surface area contributed by atoms with Gasteiger partial charge in [0.25, 0.3) is 0 Å². The van der Waals surface area contributed by atoms with Gasteiger partial charge in [-0.15, -0.1) is 0 Å². The van der Waals surface area contributed by atoms with Gasteiger partial charge in [-0.2, -0.15) is 5.10 Å². The number of nitrogens with zero attached hydrogens (tertiary/aromatic N) is 1. The van der Waals surface area contributed by atoms with Crippen molar-refractivity contribution in [3.63, 3.8) is 0 Å². The van der Waals surface area contributed by atoms with Crippen molar-refractivity contribution in [2.45, 2.75) is 13.3 Å². The van der Waals surface area contributed by atoms with Gasteiger partial charge in [-0.1, -0.05) is 6.92 Å². The summed E-state index contributed by atoms with van der Waals surface area (Å²) in [5, 5.41) is 12.6. The molecule has 0 aliphatic carbocycles. The Labute approximate surface area is 94.9 Å². The third-order valence-corrected chi connectivity index (χ3v) is 3.10. The largest absolute Gasteiger partial charge is 0.508 e. The van der Waals surface area contributed by atoms with Crippen molar-refractivity contribution in [2.24, 2.45) is 5.10 Å². The molecule has 0 aliphatic rings. The van der Waals surface area contributed by atoms with E-state index in [1.54, 1.807) is 19.1 Å². The van der Waals surface area contributed by atoms with Crippen LogP contribution in [0.4, 0.5) is 0 Å². The molecule has 0 spiro atoms. The maximum Gasteiger partial charge on any atom is 0.247 e. The lowest BCUT2D eigenvalue weighted by Crippen LogP contribution is -2.21. The van der Waals surface area contributed by atoms with Crippen LogP contribution in [0.15, 0.2) is 29.4 Å². The molecular weight excluding hydrogens is 228 g/mol. The third kappa shape index (κ3) is 4.31. The van der Waals surface area contributed by atoms with E-state index in [2.05, 4.69) is 9.93 Å². The van der Waals surface area contributed by atoms with Crippen molar-refractivity contribution in [3.05, 3.63) is 29.8 Å². The fraction of sp³-hybridized carbons (Fsp3) is 0.300. The molecule has 0 unspecified atom stereocenters. The van der Waals surface area contributed by atoms with Gasteiger partial charge in [-0.25, -0.2) is 13.2 Å². The average Bonchev–Trinajstić information content (AvgIpc) is 2.20. The molecule has 88 valence electrons. The zero-order valence-electron chi connectivity index (χ0n) is 8.92. The van der Waals surface area contributed by atoms with E-state index in [0.717, 1.165) is 0 Å². The second-order valence-corrected chi connectivity index (χ2v) is 5.08. The smallest absolute Gasteiger partial charge is 0.247 e. The molecule has 0 amide bonds. The maximum absolute atomic E-state index is 11.2. The molecule has 0 heterocycles. The highest BCUT2D eigenvalue weighted by atomic mass is 32.2. The standard InChI is InChI=1S/C10H14N2O3S/c1-2-7-16(14,15)12-11-8-9-3-5-10(13)6-4-9/h3-6,8,12-13H,2,7H2,1H3/b11-8-. The topological polar surface area (TPSA) is 78.8 Å². The third-order valence-electron chi connectivity index (χ3n) is 1.77. The fourth-order valence-corrected chi connectivity index (χ4v) is 1.90. The minimum atomic E-state index is -3.31. The zero-order valence-corrected chi connectivity index (χ0v) is 9.74. The first-order valence-electron chi connectivity index (χ1n) is 4.85. The van der Waals surface area contributed by atoms with Crippen molar-refractivity contribution < 1.29 is 13.5 Å². The van der Waals surface area contributed by atoms with Crippen LogP contribution in [-0.4, -0.2) is 25.5 Å². The minimum Gasteiger partial charge on any atom is -0.508 e. The van der Waals surface area contributed by atoms with Gasteiger partial charge in [0.2, 0.25) is 10.0 Å². The first-order valence-corrected chi connectivity index (χ1v) is 6.50. The summed E-state index contributed by atoms with van der Waals surface area (Å²) in [7, 11) is -3.31. The van der Waals surface area contributed by atoms with Crippen LogP contribution in [-0.2, 0) is 10.0 Å². The number of phenolic OH excluding ortho intramolecular Hbond substituents is 1. The highest BCUT2D eigenvalue weighted by Gasteiger charge is 2.04. The van der Waals surface area contributed by atoms with E-state index in [0.29, 0.717) is 12.0 Å². The predicted molar refractivity (Wildman–Crippen MR) is 62.9 cm³/mol. The van der Waals surface area contributed by atoms with Gasteiger partial charge < -0.3 is 5.11 Å². The number of rotatable bonds is 5. The second kappa shape index (κ2) is 5.50. The Morgan fingerprint density at radius 2 is 2.00 bits per heavy atom. The minimum absolute atomic E-state index is 0.0555. The van der Waals surface area contributed by atoms with E-state index in [-0.39, 0.29) is 11.5 Å². The van der Waals surface area contributed by atoms with Crippen LogP contribution in [0.25, 0.3) is 0 Å². The highest BCUT2D eigenvalue weighted by molar-refractivity contribution is 7.89. The number of hydrogen-bond donors (Lipinski definition) is 2. The summed E-state index contributed by atoms with van der Waals surface area (Å²) in [6, 6.07) is 6.27. The predicted octanol–water partition coefficient (Wildman–Crippen LogP) is 1.06. The highest BCUT2D eigenvalue weighted by Crippen LogP contribution is 2.07. The summed E-state index contributed by atoms with van der Waals surface area (Å²) in [6.07, 6.45) is 1.93. The number of nitrogens with one attached hydrogen (secondary N) is 1. The lowest BCUT2D eigenvalue weighted by Gasteiger charge is -2.00. The Kier molecular flexibility index (Phi) is 4.30. The summed E-state index contributed by atoms with van der Waals surface area (Å²) in [4.78, 5) is 2.10. The molecule has 0 aliphatic heterocycles. The molecular formula is C10H14N2O3S. The number of hydrazone groups is 1. The van der Waals surface area contributed by atoms with Gasteiger partial charge in [-0.3, -0.25) is 0 Å².